The van der Waals surface area contributed by atoms with Crippen molar-refractivity contribution < 1.29 is 42.3 Å². The van der Waals surface area contributed by atoms with Crippen molar-refractivity contribution in [2.24, 2.45) is 5.73 Å². The molecule has 1 fully saturated rings. The van der Waals surface area contributed by atoms with Crippen LogP contribution in [-0.4, -0.2) is 61.5 Å². The number of carbonyl (C=O) groups is 2. The number of hydrogen-bond donors (Lipinski definition) is 2. The van der Waals surface area contributed by atoms with Crippen LogP contribution in [0.1, 0.15) is 142 Å². The second-order valence-corrected chi connectivity index (χ2v) is 15.0. The van der Waals surface area contributed by atoms with Crippen molar-refractivity contribution in [1.82, 2.24) is 0 Å². The number of rotatable bonds is 36. The second kappa shape index (κ2) is 34.9. The number of carbonyl (C=O) groups excluding carboxylic acids is 2. The molecule has 4 atom stereocenters. The third-order valence-corrected chi connectivity index (χ3v) is 9.48. The summed E-state index contributed by atoms with van der Waals surface area (Å²) in [5, 5.41) is 0. The molecular weight excluding hydrogens is 705 g/mol. The lowest BCUT2D eigenvalue weighted by Crippen LogP contribution is -2.29. The van der Waals surface area contributed by atoms with Crippen LogP contribution < -0.4 is 5.73 Å². The third kappa shape index (κ3) is 31.7. The van der Waals surface area contributed by atoms with Gasteiger partial charge < -0.3 is 24.8 Å². The Kier molecular flexibility index (Phi) is 31.9. The lowest BCUT2D eigenvalue weighted by Gasteiger charge is -2.19. The van der Waals surface area contributed by atoms with Crippen molar-refractivity contribution >= 4 is 19.8 Å². The summed E-state index contributed by atoms with van der Waals surface area (Å²) >= 11 is 0. The molecule has 3 unspecified atom stereocenters. The summed E-state index contributed by atoms with van der Waals surface area (Å²) in [4.78, 5) is 34.9. The predicted octanol–water partition coefficient (Wildman–Crippen LogP) is 10.5. The zero-order valence-corrected chi connectivity index (χ0v) is 34.3. The van der Waals surface area contributed by atoms with Crippen molar-refractivity contribution in [2.75, 3.05) is 26.4 Å². The van der Waals surface area contributed by atoms with Crippen LogP contribution >= 0.6 is 7.82 Å². The fourth-order valence-corrected chi connectivity index (χ4v) is 6.15. The van der Waals surface area contributed by atoms with E-state index in [1.807, 2.05) is 0 Å². The molecular formula is C43H72NO9P. The first-order chi connectivity index (χ1) is 26.3. The van der Waals surface area contributed by atoms with E-state index in [4.69, 9.17) is 29.0 Å². The van der Waals surface area contributed by atoms with E-state index in [1.165, 1.54) is 19.3 Å². The van der Waals surface area contributed by atoms with Gasteiger partial charge >= 0.3 is 19.8 Å². The maximum atomic E-state index is 12.6. The van der Waals surface area contributed by atoms with E-state index in [2.05, 4.69) is 86.8 Å². The summed E-state index contributed by atoms with van der Waals surface area (Å²) in [6.07, 6.45) is 43.8. The molecule has 1 aliphatic rings. The number of phosphoric acid groups is 1. The number of nitrogens with two attached hydrogens (primary N) is 1. The van der Waals surface area contributed by atoms with Gasteiger partial charge in [-0.05, 0) is 83.5 Å². The van der Waals surface area contributed by atoms with Crippen LogP contribution in [0.15, 0.2) is 72.9 Å². The number of phosphoric ester groups is 1. The quantitative estimate of drug-likeness (QED) is 0.0207. The highest BCUT2D eigenvalue weighted by atomic mass is 31.2. The fourth-order valence-electron chi connectivity index (χ4n) is 5.38. The van der Waals surface area contributed by atoms with Gasteiger partial charge in [-0.1, -0.05) is 119 Å². The van der Waals surface area contributed by atoms with Gasteiger partial charge in [0.05, 0.1) is 25.4 Å². The van der Waals surface area contributed by atoms with E-state index >= 15 is 0 Å². The van der Waals surface area contributed by atoms with E-state index < -0.39 is 32.5 Å². The summed E-state index contributed by atoms with van der Waals surface area (Å²) in [5.74, 6) is -0.933. The molecule has 308 valence electrons. The number of hydrogen-bond acceptors (Lipinski definition) is 9. The first-order valence-corrected chi connectivity index (χ1v) is 22.0. The lowest BCUT2D eigenvalue weighted by molar-refractivity contribution is -0.161. The Morgan fingerprint density at radius 3 is 1.91 bits per heavy atom. The number of epoxide rings is 1. The average Bonchev–Trinajstić information content (AvgIpc) is 3.91. The first-order valence-electron chi connectivity index (χ1n) is 20.5. The maximum absolute atomic E-state index is 12.6. The van der Waals surface area contributed by atoms with Crippen LogP contribution in [0.5, 0.6) is 0 Å². The van der Waals surface area contributed by atoms with Gasteiger partial charge in [0.1, 0.15) is 6.61 Å². The Morgan fingerprint density at radius 2 is 1.26 bits per heavy atom. The van der Waals surface area contributed by atoms with Crippen molar-refractivity contribution in [3.63, 3.8) is 0 Å². The molecule has 0 aromatic carbocycles. The van der Waals surface area contributed by atoms with Crippen LogP contribution in [0.2, 0.25) is 0 Å². The monoisotopic (exact) mass is 777 g/mol. The van der Waals surface area contributed by atoms with Crippen LogP contribution in [-0.2, 0) is 37.4 Å². The Labute approximate surface area is 326 Å². The maximum Gasteiger partial charge on any atom is 0.472 e. The highest BCUT2D eigenvalue weighted by Gasteiger charge is 2.36. The van der Waals surface area contributed by atoms with Gasteiger partial charge in [-0.2, -0.15) is 0 Å². The third-order valence-electron chi connectivity index (χ3n) is 8.50. The molecule has 3 N–H and O–H groups in total. The molecule has 0 aliphatic carbocycles. The number of esters is 2. The van der Waals surface area contributed by atoms with Crippen LogP contribution in [0.3, 0.4) is 0 Å². The second-order valence-electron chi connectivity index (χ2n) is 13.5. The molecule has 0 aromatic rings. The van der Waals surface area contributed by atoms with E-state index in [-0.39, 0.29) is 44.8 Å². The minimum atomic E-state index is -4.40. The van der Waals surface area contributed by atoms with Crippen LogP contribution in [0, 0.1) is 0 Å². The normalized spacial score (nSPS) is 17.9. The molecule has 54 heavy (non-hydrogen) atoms. The van der Waals surface area contributed by atoms with Crippen LogP contribution in [0.25, 0.3) is 0 Å². The zero-order chi connectivity index (χ0) is 39.4. The molecule has 0 saturated carbocycles. The Balaban J connectivity index is 2.28. The van der Waals surface area contributed by atoms with Crippen molar-refractivity contribution in [2.45, 2.75) is 161 Å². The molecule has 10 nitrogen and oxygen atoms in total. The highest BCUT2D eigenvalue weighted by Crippen LogP contribution is 2.43. The van der Waals surface area contributed by atoms with E-state index in [9.17, 15) is 19.0 Å². The topological polar surface area (TPSA) is 147 Å². The lowest BCUT2D eigenvalue weighted by atomic mass is 10.1. The number of ether oxygens (including phenoxy) is 3. The Bertz CT molecular complexity index is 1180. The van der Waals surface area contributed by atoms with Crippen LogP contribution in [0.4, 0.5) is 0 Å². The molecule has 0 bridgehead atoms. The molecule has 1 rings (SSSR count). The standard InChI is InChI=1S/C43H72NO9P/c1-3-5-7-9-11-13-15-17-18-19-21-23-25-27-29-33-43(46)52-39(38-51-54(47,48)50-36-35-44)37-49-42(45)34-30-32-41-40(53-41)31-28-26-24-22-20-16-14-12-10-8-6-4-2/h5,7,11-14,17-18,20,22,26,28,39-41H,3-4,6,8-10,15-16,19,21,23-25,27,29-38,44H2,1-2H3,(H,47,48)/b7-5-,13-11-,14-12-,18-17-,22-20-,28-26-/t39-,40?,41?/m1/s1. The van der Waals surface area contributed by atoms with E-state index in [0.29, 0.717) is 12.8 Å². The summed E-state index contributed by atoms with van der Waals surface area (Å²) in [6, 6.07) is 0. The fraction of sp³-hybridized carbons (Fsp3) is 0.674. The molecule has 1 saturated heterocycles. The molecule has 1 heterocycles. The summed E-state index contributed by atoms with van der Waals surface area (Å²) < 4.78 is 38.5. The predicted molar refractivity (Wildman–Crippen MR) is 219 cm³/mol. The van der Waals surface area contributed by atoms with Crippen molar-refractivity contribution in [3.05, 3.63) is 72.9 Å². The van der Waals surface area contributed by atoms with E-state index in [0.717, 1.165) is 83.5 Å². The van der Waals surface area contributed by atoms with Gasteiger partial charge in [-0.25, -0.2) is 4.57 Å². The van der Waals surface area contributed by atoms with Gasteiger partial charge in [0, 0.05) is 19.4 Å². The summed E-state index contributed by atoms with van der Waals surface area (Å²) in [6.45, 7) is 3.46. The minimum Gasteiger partial charge on any atom is -0.462 e. The summed E-state index contributed by atoms with van der Waals surface area (Å²) in [5.41, 5.74) is 5.34. The highest BCUT2D eigenvalue weighted by molar-refractivity contribution is 7.47. The molecule has 0 spiro atoms. The molecule has 0 aromatic heterocycles. The largest absolute Gasteiger partial charge is 0.472 e. The van der Waals surface area contributed by atoms with Gasteiger partial charge in [0.2, 0.25) is 0 Å². The number of unbranched alkanes of at least 4 members (excludes halogenated alkanes) is 8. The smallest absolute Gasteiger partial charge is 0.462 e. The molecule has 0 radical (unpaired) electrons. The van der Waals surface area contributed by atoms with E-state index in [1.54, 1.807) is 0 Å². The number of allylic oxidation sites excluding steroid dienone is 11. The molecule has 1 aliphatic heterocycles. The first kappa shape index (κ1) is 49.4. The average molecular weight is 778 g/mol. The Hall–Kier alpha value is -2.59. The molecule has 0 amide bonds. The Morgan fingerprint density at radius 1 is 0.685 bits per heavy atom. The van der Waals surface area contributed by atoms with Crippen molar-refractivity contribution in [3.8, 4) is 0 Å². The SMILES string of the molecule is CC/C=C\C/C=C\C/C=C\CCCCCCCC(=O)O[C@H](COC(=O)CCCC1OC1C/C=C\C/C=C\C/C=C\CCCCC)COP(=O)(O)OCCN. The van der Waals surface area contributed by atoms with Gasteiger partial charge in [0.25, 0.3) is 0 Å². The van der Waals surface area contributed by atoms with Gasteiger partial charge in [-0.3, -0.25) is 18.6 Å². The van der Waals surface area contributed by atoms with Gasteiger partial charge in [-0.15, -0.1) is 0 Å². The van der Waals surface area contributed by atoms with Gasteiger partial charge in [0.15, 0.2) is 6.10 Å². The zero-order valence-electron chi connectivity index (χ0n) is 33.4. The minimum absolute atomic E-state index is 0.0359. The van der Waals surface area contributed by atoms with Crippen molar-refractivity contribution in [1.29, 1.82) is 0 Å². The molecule has 11 heteroatoms. The summed E-state index contributed by atoms with van der Waals surface area (Å²) in [7, 11) is -4.40.